The highest BCUT2D eigenvalue weighted by Crippen LogP contribution is 2.44. The van der Waals surface area contributed by atoms with E-state index in [1.165, 1.54) is 10.8 Å². The van der Waals surface area contributed by atoms with E-state index in [4.69, 9.17) is 15.0 Å². The molecule has 0 atom stereocenters. The van der Waals surface area contributed by atoms with E-state index in [-0.39, 0.29) is 0 Å². The van der Waals surface area contributed by atoms with Gasteiger partial charge < -0.3 is 0 Å². The average molecular weight is 510 g/mol. The Morgan fingerprint density at radius 1 is 0.375 bits per heavy atom. The molecule has 0 aliphatic carbocycles. The summed E-state index contributed by atoms with van der Waals surface area (Å²) in [4.78, 5) is 14.8. The Balaban J connectivity index is 1.53. The highest BCUT2D eigenvalue weighted by molar-refractivity contribution is 6.21. The van der Waals surface area contributed by atoms with E-state index in [0.717, 1.165) is 66.2 Å². The minimum Gasteiger partial charge on any atom is -0.256 e. The minimum absolute atomic E-state index is 0.949. The number of aromatic nitrogens is 3. The third-order valence-corrected chi connectivity index (χ3v) is 7.75. The maximum absolute atomic E-state index is 5.20. The second-order valence-corrected chi connectivity index (χ2v) is 10.0. The van der Waals surface area contributed by atoms with Crippen LogP contribution in [0.2, 0.25) is 0 Å². The van der Waals surface area contributed by atoms with Crippen molar-refractivity contribution in [1.29, 1.82) is 0 Å². The lowest BCUT2D eigenvalue weighted by Gasteiger charge is -2.18. The third-order valence-electron chi connectivity index (χ3n) is 7.75. The largest absolute Gasteiger partial charge is 0.256 e. The zero-order chi connectivity index (χ0) is 26.5. The Kier molecular flexibility index (Phi) is 5.14. The molecule has 5 aromatic carbocycles. The number of fused-ring (bicyclic) bond motifs is 5. The Hall–Kier alpha value is -5.41. The van der Waals surface area contributed by atoms with E-state index in [0.29, 0.717) is 0 Å². The molecular formula is C37H23N3. The van der Waals surface area contributed by atoms with Crippen molar-refractivity contribution >= 4 is 43.2 Å². The van der Waals surface area contributed by atoms with Gasteiger partial charge in [-0.15, -0.1) is 0 Å². The molecule has 40 heavy (non-hydrogen) atoms. The molecular weight excluding hydrogens is 486 g/mol. The molecule has 3 aromatic heterocycles. The van der Waals surface area contributed by atoms with Gasteiger partial charge in [0.05, 0.1) is 22.6 Å². The zero-order valence-corrected chi connectivity index (χ0v) is 21.6. The first-order valence-corrected chi connectivity index (χ1v) is 13.5. The first kappa shape index (κ1) is 22.6. The Morgan fingerprint density at radius 3 is 1.55 bits per heavy atom. The van der Waals surface area contributed by atoms with Crippen molar-refractivity contribution in [1.82, 2.24) is 15.0 Å². The fourth-order valence-corrected chi connectivity index (χ4v) is 6.02. The molecule has 0 unspecified atom stereocenters. The van der Waals surface area contributed by atoms with Gasteiger partial charge in [0.1, 0.15) is 0 Å². The fourth-order valence-electron chi connectivity index (χ4n) is 6.02. The number of pyridine rings is 3. The van der Waals surface area contributed by atoms with Crippen LogP contribution < -0.4 is 0 Å². The Labute approximate surface area is 231 Å². The number of rotatable bonds is 3. The number of nitrogens with zero attached hydrogens (tertiary/aromatic N) is 3. The van der Waals surface area contributed by atoms with Gasteiger partial charge >= 0.3 is 0 Å². The van der Waals surface area contributed by atoms with Crippen molar-refractivity contribution in [2.45, 2.75) is 0 Å². The fraction of sp³-hybridized carbons (Fsp3) is 0. The van der Waals surface area contributed by atoms with Gasteiger partial charge in [-0.2, -0.15) is 0 Å². The number of benzene rings is 5. The first-order chi connectivity index (χ1) is 19.9. The standard InChI is InChI=1S/C37H23N3/c1-4-15-30-25(11-1)26-12-5-6-16-32(26)40-37(30)24-19-20-29-31(23-24)36(34-18-8-10-22-39-34)28-14-3-2-13-27(28)35(29)33-17-7-9-21-38-33/h1-23H. The van der Waals surface area contributed by atoms with Gasteiger partial charge in [0.25, 0.3) is 0 Å². The molecule has 3 heteroatoms. The van der Waals surface area contributed by atoms with Crippen molar-refractivity contribution in [3.05, 3.63) is 140 Å². The quantitative estimate of drug-likeness (QED) is 0.176. The van der Waals surface area contributed by atoms with Crippen LogP contribution in [-0.2, 0) is 0 Å². The van der Waals surface area contributed by atoms with Gasteiger partial charge in [-0.3, -0.25) is 9.97 Å². The molecule has 0 bridgehead atoms. The second kappa shape index (κ2) is 9.11. The van der Waals surface area contributed by atoms with Gasteiger partial charge in [0.2, 0.25) is 0 Å². The molecule has 0 N–H and O–H groups in total. The van der Waals surface area contributed by atoms with Crippen molar-refractivity contribution in [2.24, 2.45) is 0 Å². The highest BCUT2D eigenvalue weighted by atomic mass is 14.7. The molecule has 0 radical (unpaired) electrons. The van der Waals surface area contributed by atoms with Crippen LogP contribution in [0.5, 0.6) is 0 Å². The molecule has 3 heterocycles. The van der Waals surface area contributed by atoms with E-state index < -0.39 is 0 Å². The molecule has 0 amide bonds. The summed E-state index contributed by atoms with van der Waals surface area (Å²) in [5.41, 5.74) is 7.22. The summed E-state index contributed by atoms with van der Waals surface area (Å²) in [6, 6.07) is 44.5. The molecule has 8 rings (SSSR count). The van der Waals surface area contributed by atoms with E-state index in [1.54, 1.807) is 0 Å². The highest BCUT2D eigenvalue weighted by Gasteiger charge is 2.19. The predicted octanol–water partition coefficient (Wildman–Crippen LogP) is 9.49. The molecule has 0 aliphatic heterocycles. The summed E-state index contributed by atoms with van der Waals surface area (Å²) in [5.74, 6) is 0. The SMILES string of the molecule is c1ccc(-c2c3ccccc3c(-c3ccccn3)c3cc(-c4nc5ccccc5c5ccccc45)ccc23)nc1. The van der Waals surface area contributed by atoms with Crippen LogP contribution in [0.1, 0.15) is 0 Å². The lowest BCUT2D eigenvalue weighted by Crippen LogP contribution is -1.95. The molecule has 8 aromatic rings. The number of para-hydroxylation sites is 1. The Morgan fingerprint density at radius 2 is 0.900 bits per heavy atom. The van der Waals surface area contributed by atoms with Crippen molar-refractivity contribution < 1.29 is 0 Å². The molecule has 0 spiro atoms. The molecule has 0 aliphatic rings. The van der Waals surface area contributed by atoms with Gasteiger partial charge in [-0.1, -0.05) is 91.0 Å². The van der Waals surface area contributed by atoms with Gasteiger partial charge in [-0.25, -0.2) is 4.98 Å². The smallest absolute Gasteiger partial charge is 0.0788 e. The summed E-state index contributed by atoms with van der Waals surface area (Å²) in [6.07, 6.45) is 3.73. The second-order valence-electron chi connectivity index (χ2n) is 10.0. The Bertz CT molecular complexity index is 2200. The number of hydrogen-bond donors (Lipinski definition) is 0. The summed E-state index contributed by atoms with van der Waals surface area (Å²) < 4.78 is 0. The van der Waals surface area contributed by atoms with Crippen molar-refractivity contribution in [3.8, 4) is 33.8 Å². The van der Waals surface area contributed by atoms with Crippen molar-refractivity contribution in [2.75, 3.05) is 0 Å². The van der Waals surface area contributed by atoms with E-state index in [2.05, 4.69) is 115 Å². The van der Waals surface area contributed by atoms with E-state index >= 15 is 0 Å². The molecule has 0 saturated heterocycles. The van der Waals surface area contributed by atoms with Gasteiger partial charge in [-0.05, 0) is 63.3 Å². The topological polar surface area (TPSA) is 38.7 Å². The zero-order valence-electron chi connectivity index (χ0n) is 21.6. The lowest BCUT2D eigenvalue weighted by molar-refractivity contribution is 1.33. The summed E-state index contributed by atoms with van der Waals surface area (Å²) in [5, 5.41) is 8.12. The van der Waals surface area contributed by atoms with E-state index in [1.807, 2.05) is 24.5 Å². The summed E-state index contributed by atoms with van der Waals surface area (Å²) in [7, 11) is 0. The van der Waals surface area contributed by atoms with Crippen LogP contribution >= 0.6 is 0 Å². The number of hydrogen-bond acceptors (Lipinski definition) is 3. The van der Waals surface area contributed by atoms with Crippen LogP contribution in [0.25, 0.3) is 77.0 Å². The third kappa shape index (κ3) is 3.49. The molecule has 0 saturated carbocycles. The van der Waals surface area contributed by atoms with E-state index in [9.17, 15) is 0 Å². The maximum Gasteiger partial charge on any atom is 0.0788 e. The normalized spacial score (nSPS) is 11.5. The van der Waals surface area contributed by atoms with Gasteiger partial charge in [0, 0.05) is 39.9 Å². The summed E-state index contributed by atoms with van der Waals surface area (Å²) in [6.45, 7) is 0. The van der Waals surface area contributed by atoms with Crippen LogP contribution in [0.3, 0.4) is 0 Å². The molecule has 0 fully saturated rings. The van der Waals surface area contributed by atoms with Gasteiger partial charge in [0.15, 0.2) is 0 Å². The predicted molar refractivity (Wildman–Crippen MR) is 166 cm³/mol. The summed E-state index contributed by atoms with van der Waals surface area (Å²) >= 11 is 0. The van der Waals surface area contributed by atoms with Crippen LogP contribution in [0.15, 0.2) is 140 Å². The molecule has 186 valence electrons. The van der Waals surface area contributed by atoms with Crippen LogP contribution in [-0.4, -0.2) is 15.0 Å². The van der Waals surface area contributed by atoms with Crippen LogP contribution in [0, 0.1) is 0 Å². The van der Waals surface area contributed by atoms with Crippen LogP contribution in [0.4, 0.5) is 0 Å². The lowest BCUT2D eigenvalue weighted by atomic mass is 9.87. The first-order valence-electron chi connectivity index (χ1n) is 13.5. The van der Waals surface area contributed by atoms with Crippen molar-refractivity contribution in [3.63, 3.8) is 0 Å². The average Bonchev–Trinajstić information content (AvgIpc) is 3.03. The minimum atomic E-state index is 0.949. The monoisotopic (exact) mass is 509 g/mol. The maximum atomic E-state index is 5.20. The molecule has 3 nitrogen and oxygen atoms in total.